The topological polar surface area (TPSA) is 73.4 Å². The van der Waals surface area contributed by atoms with Gasteiger partial charge in [0.2, 0.25) is 0 Å². The normalized spacial score (nSPS) is 19.4. The van der Waals surface area contributed by atoms with Crippen molar-refractivity contribution in [1.29, 1.82) is 10.5 Å². The van der Waals surface area contributed by atoms with Crippen molar-refractivity contribution in [3.63, 3.8) is 0 Å². The van der Waals surface area contributed by atoms with Crippen LogP contribution in [0.15, 0.2) is 78.9 Å². The van der Waals surface area contributed by atoms with E-state index in [0.29, 0.717) is 22.2 Å². The second-order valence-electron chi connectivity index (χ2n) is 9.91. The van der Waals surface area contributed by atoms with Crippen LogP contribution in [0.25, 0.3) is 32.6 Å². The van der Waals surface area contributed by atoms with Gasteiger partial charge >= 0.3 is 0 Å². The van der Waals surface area contributed by atoms with E-state index in [2.05, 4.69) is 54.6 Å². The maximum Gasteiger partial charge on any atom is 0.109 e. The van der Waals surface area contributed by atoms with Gasteiger partial charge in [0.25, 0.3) is 0 Å². The van der Waals surface area contributed by atoms with Crippen LogP contribution >= 0.6 is 0 Å². The fraction of sp³-hybridized carbons (Fsp3) is 0.0625. The predicted molar refractivity (Wildman–Crippen MR) is 137 cm³/mol. The van der Waals surface area contributed by atoms with Crippen molar-refractivity contribution >= 4 is 32.6 Å². The van der Waals surface area contributed by atoms with E-state index in [0.717, 1.165) is 32.9 Å². The van der Waals surface area contributed by atoms with Crippen molar-refractivity contribution in [3.05, 3.63) is 129 Å². The summed E-state index contributed by atoms with van der Waals surface area (Å²) >= 11 is 0. The van der Waals surface area contributed by atoms with E-state index in [4.69, 9.17) is 9.97 Å². The fourth-order valence-electron chi connectivity index (χ4n) is 7.07. The Labute approximate surface area is 205 Å². The molecule has 162 valence electrons. The first kappa shape index (κ1) is 18.3. The van der Waals surface area contributed by atoms with E-state index in [9.17, 15) is 10.5 Å². The first-order chi connectivity index (χ1) is 17.8. The molecule has 2 atom stereocenters. The molecule has 0 fully saturated rings. The van der Waals surface area contributed by atoms with Gasteiger partial charge in [0.05, 0.1) is 33.8 Å². The number of nitriles is 2. The summed E-state index contributed by atoms with van der Waals surface area (Å²) in [5, 5.41) is 24.3. The minimum atomic E-state index is -0.390. The molecule has 1 aromatic heterocycles. The van der Waals surface area contributed by atoms with Gasteiger partial charge in [-0.25, -0.2) is 9.97 Å². The van der Waals surface area contributed by atoms with Crippen molar-refractivity contribution in [2.24, 2.45) is 0 Å². The molecular weight excluding hydrogens is 440 g/mol. The Morgan fingerprint density at radius 2 is 1.28 bits per heavy atom. The molecule has 5 aromatic carbocycles. The van der Waals surface area contributed by atoms with Crippen molar-refractivity contribution in [2.45, 2.75) is 11.3 Å². The zero-order valence-corrected chi connectivity index (χ0v) is 18.9. The lowest BCUT2D eigenvalue weighted by molar-refractivity contribution is 0.695. The highest BCUT2D eigenvalue weighted by atomic mass is 14.9. The van der Waals surface area contributed by atoms with E-state index < -0.39 is 5.41 Å². The predicted octanol–water partition coefficient (Wildman–Crippen LogP) is 6.18. The lowest BCUT2D eigenvalue weighted by Gasteiger charge is -2.38. The zero-order valence-electron chi connectivity index (χ0n) is 18.9. The Balaban J connectivity index is 1.48. The minimum Gasteiger partial charge on any atom is -0.247 e. The number of benzene rings is 5. The third kappa shape index (κ3) is 1.77. The number of hydrogen-bond donors (Lipinski definition) is 0. The summed E-state index contributed by atoms with van der Waals surface area (Å²) < 4.78 is 0. The van der Waals surface area contributed by atoms with Crippen LogP contribution < -0.4 is 0 Å². The Bertz CT molecular complexity index is 2140. The third-order valence-corrected chi connectivity index (χ3v) is 8.47. The van der Waals surface area contributed by atoms with E-state index in [1.54, 1.807) is 0 Å². The highest BCUT2D eigenvalue weighted by Crippen LogP contribution is 2.70. The molecule has 6 aromatic rings. The molecule has 0 radical (unpaired) electrons. The lowest BCUT2D eigenvalue weighted by atomic mass is 9.66. The highest BCUT2D eigenvalue weighted by molar-refractivity contribution is 6.11. The van der Waals surface area contributed by atoms with Crippen molar-refractivity contribution < 1.29 is 0 Å². The molecule has 10 rings (SSSR count). The molecule has 1 heterocycles. The van der Waals surface area contributed by atoms with Gasteiger partial charge in [-0.15, -0.1) is 0 Å². The molecule has 1 spiro atoms. The monoisotopic (exact) mass is 454 g/mol. The van der Waals surface area contributed by atoms with Gasteiger partial charge in [-0.3, -0.25) is 0 Å². The number of rotatable bonds is 0. The van der Waals surface area contributed by atoms with Gasteiger partial charge in [0.15, 0.2) is 0 Å². The molecule has 0 N–H and O–H groups in total. The molecule has 0 amide bonds. The van der Waals surface area contributed by atoms with Gasteiger partial charge in [0.1, 0.15) is 23.2 Å². The number of nitrogens with zero attached hydrogens (tertiary/aromatic N) is 4. The van der Waals surface area contributed by atoms with E-state index in [1.807, 2.05) is 36.4 Å². The SMILES string of the molecule is N#Cc1c2cc3ccccc3cc2c(C#N)c2nc3c(nc12)C1c2ccccc2C32c3cccc1c32. The van der Waals surface area contributed by atoms with Gasteiger partial charge in [-0.1, -0.05) is 66.7 Å². The van der Waals surface area contributed by atoms with E-state index in [1.165, 1.54) is 27.8 Å². The number of hydrogen-bond acceptors (Lipinski definition) is 4. The fourth-order valence-corrected chi connectivity index (χ4v) is 7.07. The molecule has 0 saturated heterocycles. The maximum absolute atomic E-state index is 10.4. The highest BCUT2D eigenvalue weighted by Gasteiger charge is 2.65. The van der Waals surface area contributed by atoms with Gasteiger partial charge in [-0.2, -0.15) is 10.5 Å². The first-order valence-corrected chi connectivity index (χ1v) is 12.0. The van der Waals surface area contributed by atoms with Crippen molar-refractivity contribution in [3.8, 4) is 12.1 Å². The molecule has 2 bridgehead atoms. The molecule has 0 aliphatic heterocycles. The number of fused-ring (bicyclic) bond motifs is 3. The van der Waals surface area contributed by atoms with E-state index in [-0.39, 0.29) is 5.92 Å². The molecule has 0 saturated carbocycles. The summed E-state index contributed by atoms with van der Waals surface area (Å²) in [5.74, 6) is -0.0168. The van der Waals surface area contributed by atoms with Gasteiger partial charge in [-0.05, 0) is 50.7 Å². The molecule has 36 heavy (non-hydrogen) atoms. The third-order valence-electron chi connectivity index (χ3n) is 8.47. The van der Waals surface area contributed by atoms with Crippen LogP contribution in [0.1, 0.15) is 56.2 Å². The molecule has 4 heteroatoms. The smallest absolute Gasteiger partial charge is 0.109 e. The largest absolute Gasteiger partial charge is 0.247 e. The Morgan fingerprint density at radius 1 is 0.667 bits per heavy atom. The van der Waals surface area contributed by atoms with Crippen LogP contribution in [0.2, 0.25) is 0 Å². The summed E-state index contributed by atoms with van der Waals surface area (Å²) in [6.07, 6.45) is 0. The first-order valence-electron chi connectivity index (χ1n) is 12.0. The molecule has 2 unspecified atom stereocenters. The second-order valence-corrected chi connectivity index (χ2v) is 9.91. The summed E-state index contributed by atoms with van der Waals surface area (Å²) in [6.45, 7) is 0. The molecular formula is C32H14N4. The Hall–Kier alpha value is -5.06. The quantitative estimate of drug-likeness (QED) is 0.256. The van der Waals surface area contributed by atoms with E-state index >= 15 is 0 Å². The summed E-state index contributed by atoms with van der Waals surface area (Å²) in [6, 6.07) is 32.0. The molecule has 4 aliphatic carbocycles. The van der Waals surface area contributed by atoms with Crippen LogP contribution in [-0.4, -0.2) is 9.97 Å². The Kier molecular flexibility index (Phi) is 2.93. The minimum absolute atomic E-state index is 0.0168. The average molecular weight is 454 g/mol. The van der Waals surface area contributed by atoms with Crippen LogP contribution in [0.5, 0.6) is 0 Å². The molecule has 4 aliphatic rings. The Morgan fingerprint density at radius 3 is 2.00 bits per heavy atom. The van der Waals surface area contributed by atoms with Crippen LogP contribution in [0.3, 0.4) is 0 Å². The summed E-state index contributed by atoms with van der Waals surface area (Å²) in [7, 11) is 0. The average Bonchev–Trinajstić information content (AvgIpc) is 3.61. The summed E-state index contributed by atoms with van der Waals surface area (Å²) in [5.41, 5.74) is 9.91. The zero-order chi connectivity index (χ0) is 23.8. The van der Waals surface area contributed by atoms with Crippen molar-refractivity contribution in [1.82, 2.24) is 9.97 Å². The lowest BCUT2D eigenvalue weighted by Crippen LogP contribution is -2.32. The van der Waals surface area contributed by atoms with Crippen molar-refractivity contribution in [2.75, 3.05) is 0 Å². The molecule has 4 nitrogen and oxygen atoms in total. The van der Waals surface area contributed by atoms with Crippen LogP contribution in [0, 0.1) is 22.7 Å². The second kappa shape index (κ2) is 5.77. The van der Waals surface area contributed by atoms with Crippen LogP contribution in [-0.2, 0) is 5.41 Å². The standard InChI is InChI=1S/C32H14N4/c33-14-22-20-12-16-6-1-2-7-17(16)13-21(20)23(15-34)29-28(22)35-30-26-18-8-3-4-10-24(18)32(31(30)36-29)25-11-5-9-19(26)27(25)32/h1-13,26H. The number of aromatic nitrogens is 2. The van der Waals surface area contributed by atoms with Gasteiger partial charge in [0, 0.05) is 10.8 Å². The maximum atomic E-state index is 10.4. The van der Waals surface area contributed by atoms with Gasteiger partial charge < -0.3 is 0 Å². The van der Waals surface area contributed by atoms with Crippen LogP contribution in [0.4, 0.5) is 0 Å². The summed E-state index contributed by atoms with van der Waals surface area (Å²) in [4.78, 5) is 10.4.